The van der Waals surface area contributed by atoms with Crippen LogP contribution in [0.3, 0.4) is 0 Å². The summed E-state index contributed by atoms with van der Waals surface area (Å²) in [7, 11) is 0. The molecule has 0 aliphatic carbocycles. The van der Waals surface area contributed by atoms with Gasteiger partial charge in [-0.1, -0.05) is 53.0 Å². The molecule has 1 saturated heterocycles. The number of likely N-dealkylation sites (tertiary alicyclic amines) is 1. The molecule has 0 bridgehead atoms. The summed E-state index contributed by atoms with van der Waals surface area (Å²) in [5.74, 6) is -2.05. The average Bonchev–Trinajstić information content (AvgIpc) is 3.41. The zero-order valence-electron chi connectivity index (χ0n) is 22.2. The lowest BCUT2D eigenvalue weighted by molar-refractivity contribution is -0.142. The van der Waals surface area contributed by atoms with E-state index in [4.69, 9.17) is 34.8 Å². The number of carboxylic acids is 1. The van der Waals surface area contributed by atoms with Gasteiger partial charge < -0.3 is 19.9 Å². The smallest absolute Gasteiger partial charge is 0.326 e. The summed E-state index contributed by atoms with van der Waals surface area (Å²) in [6.45, 7) is 1.33. The number of nitrogens with one attached hydrogen (secondary N) is 1. The topological polar surface area (TPSA) is 105 Å². The molecule has 0 saturated carbocycles. The van der Waals surface area contributed by atoms with Crippen LogP contribution in [0.2, 0.25) is 15.1 Å². The molecule has 41 heavy (non-hydrogen) atoms. The maximum absolute atomic E-state index is 12.9. The van der Waals surface area contributed by atoms with Gasteiger partial charge in [-0.15, -0.1) is 11.8 Å². The molecule has 2 amide bonds. The molecule has 0 radical (unpaired) electrons. The number of carbonyl (C=O) groups is 3. The third-order valence-corrected chi connectivity index (χ3v) is 8.91. The molecule has 0 spiro atoms. The molecule has 1 unspecified atom stereocenters. The molecule has 1 atom stereocenters. The second kappa shape index (κ2) is 14.3. The minimum atomic E-state index is -1.13. The maximum Gasteiger partial charge on any atom is 0.326 e. The second-order valence-corrected chi connectivity index (χ2v) is 11.7. The number of piperidine rings is 1. The Morgan fingerprint density at radius 1 is 1.10 bits per heavy atom. The van der Waals surface area contributed by atoms with Gasteiger partial charge in [0.2, 0.25) is 11.8 Å². The predicted octanol–water partition coefficient (Wildman–Crippen LogP) is 5.68. The lowest BCUT2D eigenvalue weighted by Crippen LogP contribution is -2.48. The molecular weight excluding hydrogens is 607 g/mol. The Balaban J connectivity index is 1.28. The summed E-state index contributed by atoms with van der Waals surface area (Å²) in [5.41, 5.74) is 2.23. The number of thioether (sulfide) groups is 1. The number of benzene rings is 2. The zero-order valence-corrected chi connectivity index (χ0v) is 25.3. The quantitative estimate of drug-likeness (QED) is 0.220. The molecule has 4 rings (SSSR count). The Hall–Kier alpha value is -2.98. The highest BCUT2D eigenvalue weighted by Gasteiger charge is 2.30. The van der Waals surface area contributed by atoms with Crippen LogP contribution in [-0.2, 0) is 27.3 Å². The number of carboxylic acid groups (broad SMARTS) is 1. The molecule has 216 valence electrons. The average molecular weight is 636 g/mol. The van der Waals surface area contributed by atoms with Crippen LogP contribution in [0.1, 0.15) is 29.7 Å². The van der Waals surface area contributed by atoms with Crippen molar-refractivity contribution in [3.63, 3.8) is 0 Å². The fourth-order valence-corrected chi connectivity index (χ4v) is 5.86. The standard InChI is InChI=1S/C29H29Cl3N4O4S/c1-41-24-8-4-19(26(31)27(24)32)5-9-25(37)36-12-10-20(11-13-36)28(38)34-23(29(39)40)14-22-16-35(17-33-22)15-18-2-6-21(30)7-3-18/h2-9,16-17,20,23H,10-15H2,1H3,(H,34,38)(H,39,40). The first-order valence-corrected chi connectivity index (χ1v) is 15.3. The highest BCUT2D eigenvalue weighted by molar-refractivity contribution is 7.98. The third-order valence-electron chi connectivity index (χ3n) is 6.87. The Kier molecular flexibility index (Phi) is 10.8. The molecule has 2 N–H and O–H groups in total. The molecule has 2 aromatic carbocycles. The van der Waals surface area contributed by atoms with Crippen LogP contribution in [-0.4, -0.2) is 62.7 Å². The fraction of sp³-hybridized carbons (Fsp3) is 0.310. The molecule has 1 aromatic heterocycles. The third kappa shape index (κ3) is 8.29. The van der Waals surface area contributed by atoms with Gasteiger partial charge in [-0.05, 0) is 54.5 Å². The van der Waals surface area contributed by atoms with Crippen LogP contribution in [0.25, 0.3) is 6.08 Å². The van der Waals surface area contributed by atoms with Gasteiger partial charge in [-0.2, -0.15) is 0 Å². The Bertz CT molecular complexity index is 1440. The Morgan fingerprint density at radius 3 is 2.46 bits per heavy atom. The molecule has 3 aromatic rings. The first-order valence-electron chi connectivity index (χ1n) is 12.9. The first kappa shape index (κ1) is 31.0. The summed E-state index contributed by atoms with van der Waals surface area (Å²) in [6, 6.07) is 9.98. The van der Waals surface area contributed by atoms with E-state index < -0.39 is 12.0 Å². The number of rotatable bonds is 10. The van der Waals surface area contributed by atoms with E-state index in [1.54, 1.807) is 35.6 Å². The summed E-state index contributed by atoms with van der Waals surface area (Å²) in [4.78, 5) is 44.4. The number of hydrogen-bond acceptors (Lipinski definition) is 5. The molecular formula is C29H29Cl3N4O4S. The van der Waals surface area contributed by atoms with Crippen molar-refractivity contribution in [2.45, 2.75) is 36.7 Å². The van der Waals surface area contributed by atoms with Gasteiger partial charge in [-0.25, -0.2) is 9.78 Å². The van der Waals surface area contributed by atoms with Crippen molar-refractivity contribution >= 4 is 70.4 Å². The predicted molar refractivity (Wildman–Crippen MR) is 163 cm³/mol. The van der Waals surface area contributed by atoms with E-state index in [1.165, 1.54) is 17.8 Å². The van der Waals surface area contributed by atoms with Crippen molar-refractivity contribution in [1.82, 2.24) is 19.8 Å². The monoisotopic (exact) mass is 634 g/mol. The van der Waals surface area contributed by atoms with Crippen molar-refractivity contribution in [2.24, 2.45) is 5.92 Å². The van der Waals surface area contributed by atoms with Crippen LogP contribution in [0.5, 0.6) is 0 Å². The van der Waals surface area contributed by atoms with E-state index >= 15 is 0 Å². The number of imidazole rings is 1. The highest BCUT2D eigenvalue weighted by Crippen LogP contribution is 2.35. The number of carbonyl (C=O) groups excluding carboxylic acids is 2. The van der Waals surface area contributed by atoms with Crippen LogP contribution < -0.4 is 5.32 Å². The van der Waals surface area contributed by atoms with Gasteiger partial charge >= 0.3 is 5.97 Å². The van der Waals surface area contributed by atoms with Crippen molar-refractivity contribution in [3.8, 4) is 0 Å². The lowest BCUT2D eigenvalue weighted by atomic mass is 9.95. The Morgan fingerprint density at radius 2 is 1.80 bits per heavy atom. The highest BCUT2D eigenvalue weighted by atomic mass is 35.5. The van der Waals surface area contributed by atoms with Gasteiger partial charge in [-0.3, -0.25) is 9.59 Å². The summed E-state index contributed by atoms with van der Waals surface area (Å²) < 4.78 is 1.85. The lowest BCUT2D eigenvalue weighted by Gasteiger charge is -2.31. The second-order valence-electron chi connectivity index (χ2n) is 9.69. The Labute approximate surface area is 257 Å². The minimum Gasteiger partial charge on any atom is -0.480 e. The number of hydrogen-bond donors (Lipinski definition) is 2. The van der Waals surface area contributed by atoms with E-state index in [2.05, 4.69) is 10.3 Å². The van der Waals surface area contributed by atoms with Gasteiger partial charge in [0.1, 0.15) is 6.04 Å². The molecule has 2 heterocycles. The van der Waals surface area contributed by atoms with E-state index in [-0.39, 0.29) is 24.2 Å². The summed E-state index contributed by atoms with van der Waals surface area (Å²) >= 11 is 20.0. The van der Waals surface area contributed by atoms with Crippen molar-refractivity contribution < 1.29 is 19.5 Å². The normalized spacial score (nSPS) is 14.8. The zero-order chi connectivity index (χ0) is 29.5. The van der Waals surface area contributed by atoms with Gasteiger partial charge in [0.15, 0.2) is 0 Å². The first-order chi connectivity index (χ1) is 19.6. The van der Waals surface area contributed by atoms with Crippen molar-refractivity contribution in [3.05, 3.63) is 86.9 Å². The van der Waals surface area contributed by atoms with Crippen LogP contribution >= 0.6 is 46.6 Å². The molecule has 1 fully saturated rings. The SMILES string of the molecule is CSc1ccc(C=CC(=O)N2CCC(C(=O)NC(Cc3cn(Cc4ccc(Cl)cc4)cn3)C(=O)O)CC2)c(Cl)c1Cl. The van der Waals surface area contributed by atoms with Gasteiger partial charge in [0, 0.05) is 54.2 Å². The van der Waals surface area contributed by atoms with Crippen molar-refractivity contribution in [1.29, 1.82) is 0 Å². The van der Waals surface area contributed by atoms with Gasteiger partial charge in [0.05, 0.1) is 22.1 Å². The molecule has 1 aliphatic heterocycles. The van der Waals surface area contributed by atoms with Crippen LogP contribution in [0, 0.1) is 5.92 Å². The number of aromatic nitrogens is 2. The molecule has 12 heteroatoms. The number of aliphatic carboxylic acids is 1. The number of halogens is 3. The van der Waals surface area contributed by atoms with Crippen molar-refractivity contribution in [2.75, 3.05) is 19.3 Å². The van der Waals surface area contributed by atoms with E-state index in [9.17, 15) is 19.5 Å². The molecule has 8 nitrogen and oxygen atoms in total. The number of nitrogens with zero attached hydrogens (tertiary/aromatic N) is 3. The van der Waals surface area contributed by atoms with E-state index in [0.717, 1.165) is 10.5 Å². The summed E-state index contributed by atoms with van der Waals surface area (Å²) in [5, 5.41) is 13.9. The molecule has 1 aliphatic rings. The van der Waals surface area contributed by atoms with E-state index in [0.29, 0.717) is 58.8 Å². The maximum atomic E-state index is 12.9. The largest absolute Gasteiger partial charge is 0.480 e. The fourth-order valence-electron chi connectivity index (χ4n) is 4.56. The summed E-state index contributed by atoms with van der Waals surface area (Å²) in [6.07, 6.45) is 9.31. The number of amides is 2. The van der Waals surface area contributed by atoms with Gasteiger partial charge in [0.25, 0.3) is 0 Å². The van der Waals surface area contributed by atoms with Crippen LogP contribution in [0.4, 0.5) is 0 Å². The minimum absolute atomic E-state index is 0.0569. The van der Waals surface area contributed by atoms with Crippen LogP contribution in [0.15, 0.2) is 59.9 Å². The van der Waals surface area contributed by atoms with E-state index in [1.807, 2.05) is 35.1 Å².